The number of thioether (sulfide) groups is 1. The zero-order valence-corrected chi connectivity index (χ0v) is 17.7. The number of nitrogens with one attached hydrogen (secondary N) is 1. The number of furan rings is 1. The number of nitrogen functional groups attached to an aromatic ring is 1. The summed E-state index contributed by atoms with van der Waals surface area (Å²) in [6, 6.07) is 14.5. The summed E-state index contributed by atoms with van der Waals surface area (Å²) >= 11 is 1.07. The van der Waals surface area contributed by atoms with Gasteiger partial charge in [-0.05, 0) is 38.1 Å². The van der Waals surface area contributed by atoms with Crippen molar-refractivity contribution < 1.29 is 13.9 Å². The number of rotatable bonds is 7. The normalized spacial score (nSPS) is 11.2. The molecule has 0 saturated heterocycles. The van der Waals surface area contributed by atoms with Crippen molar-refractivity contribution in [3.05, 3.63) is 53.8 Å². The standard InChI is InChI=1S/C22H19N5O3S/c1-3-29-17-8-5-4-7-16(17)26-21(28)13(2)31-22-15(12-24)19(18-9-6-10-30-18)14(11-23)20(25)27-22/h4-10,13H,3H2,1-2H3,(H2,25,27)(H,26,28). The monoisotopic (exact) mass is 433 g/mol. The minimum atomic E-state index is -0.619. The van der Waals surface area contributed by atoms with E-state index in [1.165, 1.54) is 6.26 Å². The number of carbonyl (C=O) groups is 1. The average Bonchev–Trinajstić information content (AvgIpc) is 3.29. The number of anilines is 2. The predicted octanol–water partition coefficient (Wildman–Crippen LogP) is 4.19. The Morgan fingerprint density at radius 2 is 2.00 bits per heavy atom. The average molecular weight is 433 g/mol. The zero-order valence-electron chi connectivity index (χ0n) is 16.9. The molecule has 1 atom stereocenters. The molecule has 156 valence electrons. The molecule has 8 nitrogen and oxygen atoms in total. The number of nitrogens with two attached hydrogens (primary N) is 1. The second-order valence-electron chi connectivity index (χ2n) is 6.31. The first-order chi connectivity index (χ1) is 15.0. The molecule has 1 aromatic carbocycles. The first-order valence-corrected chi connectivity index (χ1v) is 10.2. The van der Waals surface area contributed by atoms with Gasteiger partial charge in [-0.15, -0.1) is 0 Å². The predicted molar refractivity (Wildman–Crippen MR) is 117 cm³/mol. The molecule has 1 unspecified atom stereocenters. The molecule has 0 spiro atoms. The van der Waals surface area contributed by atoms with E-state index in [4.69, 9.17) is 14.9 Å². The van der Waals surface area contributed by atoms with Crippen LogP contribution in [0.25, 0.3) is 11.3 Å². The molecule has 2 heterocycles. The van der Waals surface area contributed by atoms with Gasteiger partial charge in [-0.1, -0.05) is 23.9 Å². The van der Waals surface area contributed by atoms with Crippen LogP contribution in [0.4, 0.5) is 11.5 Å². The highest BCUT2D eigenvalue weighted by atomic mass is 32.2. The van der Waals surface area contributed by atoms with Gasteiger partial charge in [0.2, 0.25) is 5.91 Å². The Morgan fingerprint density at radius 1 is 1.26 bits per heavy atom. The third-order valence-electron chi connectivity index (χ3n) is 4.29. The first-order valence-electron chi connectivity index (χ1n) is 9.37. The van der Waals surface area contributed by atoms with Crippen molar-refractivity contribution in [2.45, 2.75) is 24.1 Å². The summed E-state index contributed by atoms with van der Waals surface area (Å²) in [7, 11) is 0. The van der Waals surface area contributed by atoms with Gasteiger partial charge < -0.3 is 20.2 Å². The van der Waals surface area contributed by atoms with E-state index < -0.39 is 5.25 Å². The lowest BCUT2D eigenvalue weighted by molar-refractivity contribution is -0.115. The minimum absolute atomic E-state index is 0.0373. The number of hydrogen-bond acceptors (Lipinski definition) is 8. The Bertz CT molecular complexity index is 1180. The van der Waals surface area contributed by atoms with E-state index in [1.54, 1.807) is 37.3 Å². The third-order valence-corrected chi connectivity index (χ3v) is 5.37. The highest BCUT2D eigenvalue weighted by molar-refractivity contribution is 8.00. The van der Waals surface area contributed by atoms with Gasteiger partial charge in [0.05, 0.1) is 34.9 Å². The largest absolute Gasteiger partial charge is 0.492 e. The topological polar surface area (TPSA) is 138 Å². The van der Waals surface area contributed by atoms with E-state index in [-0.39, 0.29) is 33.4 Å². The summed E-state index contributed by atoms with van der Waals surface area (Å²) in [5.74, 6) is 0.552. The summed E-state index contributed by atoms with van der Waals surface area (Å²) in [6.07, 6.45) is 1.44. The number of nitrogens with zero attached hydrogens (tertiary/aromatic N) is 3. The number of hydrogen-bond donors (Lipinski definition) is 2. The molecule has 0 radical (unpaired) electrons. The Kier molecular flexibility index (Phi) is 6.81. The molecule has 0 aliphatic carbocycles. The Morgan fingerprint density at radius 3 is 2.65 bits per heavy atom. The van der Waals surface area contributed by atoms with Crippen molar-refractivity contribution in [2.75, 3.05) is 17.7 Å². The smallest absolute Gasteiger partial charge is 0.237 e. The number of aromatic nitrogens is 1. The molecule has 31 heavy (non-hydrogen) atoms. The van der Waals surface area contributed by atoms with Crippen LogP contribution in [0.15, 0.2) is 52.1 Å². The molecule has 2 aromatic heterocycles. The first kappa shape index (κ1) is 21.8. The van der Waals surface area contributed by atoms with Crippen LogP contribution < -0.4 is 15.8 Å². The van der Waals surface area contributed by atoms with E-state index in [1.807, 2.05) is 19.1 Å². The fraction of sp³-hybridized carbons (Fsp3) is 0.182. The molecule has 0 aliphatic rings. The Labute approximate surface area is 183 Å². The molecule has 0 saturated carbocycles. The summed E-state index contributed by atoms with van der Waals surface area (Å²) in [5, 5.41) is 21.7. The number of pyridine rings is 1. The lowest BCUT2D eigenvalue weighted by Crippen LogP contribution is -2.23. The van der Waals surface area contributed by atoms with Gasteiger partial charge in [0.1, 0.15) is 40.1 Å². The highest BCUT2D eigenvalue weighted by Crippen LogP contribution is 2.37. The van der Waals surface area contributed by atoms with Gasteiger partial charge in [-0.2, -0.15) is 10.5 Å². The second-order valence-corrected chi connectivity index (χ2v) is 7.64. The molecule has 0 bridgehead atoms. The van der Waals surface area contributed by atoms with Crippen LogP contribution in [0.5, 0.6) is 5.75 Å². The molecule has 9 heteroatoms. The van der Waals surface area contributed by atoms with Crippen molar-refractivity contribution in [1.82, 2.24) is 4.98 Å². The number of carbonyl (C=O) groups excluding carboxylic acids is 1. The van der Waals surface area contributed by atoms with E-state index in [2.05, 4.69) is 16.4 Å². The number of ether oxygens (including phenoxy) is 1. The van der Waals surface area contributed by atoms with Crippen molar-refractivity contribution in [1.29, 1.82) is 10.5 Å². The van der Waals surface area contributed by atoms with Crippen molar-refractivity contribution >= 4 is 29.2 Å². The lowest BCUT2D eigenvalue weighted by atomic mass is 10.0. The number of benzene rings is 1. The van der Waals surface area contributed by atoms with Gasteiger partial charge in [0.15, 0.2) is 0 Å². The maximum Gasteiger partial charge on any atom is 0.237 e. The van der Waals surface area contributed by atoms with Crippen LogP contribution in [-0.2, 0) is 4.79 Å². The van der Waals surface area contributed by atoms with E-state index >= 15 is 0 Å². The van der Waals surface area contributed by atoms with Crippen molar-refractivity contribution in [3.63, 3.8) is 0 Å². The van der Waals surface area contributed by atoms with Crippen LogP contribution in [0, 0.1) is 22.7 Å². The molecule has 1 amide bonds. The van der Waals surface area contributed by atoms with E-state index in [9.17, 15) is 15.3 Å². The van der Waals surface area contributed by atoms with E-state index in [0.29, 0.717) is 23.8 Å². The van der Waals surface area contributed by atoms with Crippen LogP contribution in [0.3, 0.4) is 0 Å². The summed E-state index contributed by atoms with van der Waals surface area (Å²) < 4.78 is 10.9. The summed E-state index contributed by atoms with van der Waals surface area (Å²) in [6.45, 7) is 4.01. The third kappa shape index (κ3) is 4.63. The van der Waals surface area contributed by atoms with Gasteiger partial charge in [0.25, 0.3) is 0 Å². The van der Waals surface area contributed by atoms with Crippen LogP contribution >= 0.6 is 11.8 Å². The molecule has 3 N–H and O–H groups in total. The number of nitriles is 2. The Hall–Kier alpha value is -3.95. The van der Waals surface area contributed by atoms with Gasteiger partial charge in [0, 0.05) is 0 Å². The fourth-order valence-corrected chi connectivity index (χ4v) is 3.77. The minimum Gasteiger partial charge on any atom is -0.492 e. The van der Waals surface area contributed by atoms with Crippen LogP contribution in [-0.4, -0.2) is 22.7 Å². The molecule has 0 fully saturated rings. The number of amides is 1. The molecule has 3 rings (SSSR count). The van der Waals surface area contributed by atoms with Gasteiger partial charge >= 0.3 is 0 Å². The van der Waals surface area contributed by atoms with Crippen molar-refractivity contribution in [2.24, 2.45) is 0 Å². The summed E-state index contributed by atoms with van der Waals surface area (Å²) in [5.41, 5.74) is 6.97. The Balaban J connectivity index is 1.92. The second kappa shape index (κ2) is 9.70. The van der Waals surface area contributed by atoms with Crippen molar-refractivity contribution in [3.8, 4) is 29.2 Å². The highest BCUT2D eigenvalue weighted by Gasteiger charge is 2.25. The molecule has 3 aromatic rings. The maximum atomic E-state index is 12.8. The van der Waals surface area contributed by atoms with Crippen LogP contribution in [0.2, 0.25) is 0 Å². The SMILES string of the molecule is CCOc1ccccc1NC(=O)C(C)Sc1nc(N)c(C#N)c(-c2ccco2)c1C#N. The lowest BCUT2D eigenvalue weighted by Gasteiger charge is -2.16. The van der Waals surface area contributed by atoms with Gasteiger partial charge in [-0.3, -0.25) is 4.79 Å². The zero-order chi connectivity index (χ0) is 22.4. The molecular weight excluding hydrogens is 414 g/mol. The van der Waals surface area contributed by atoms with Crippen LogP contribution in [0.1, 0.15) is 25.0 Å². The quantitative estimate of drug-likeness (QED) is 0.529. The van der Waals surface area contributed by atoms with E-state index in [0.717, 1.165) is 11.8 Å². The molecule has 0 aliphatic heterocycles. The van der Waals surface area contributed by atoms with Gasteiger partial charge in [-0.25, -0.2) is 4.98 Å². The number of para-hydroxylation sites is 2. The molecular formula is C22H19N5O3S. The fourth-order valence-electron chi connectivity index (χ4n) is 2.86. The summed E-state index contributed by atoms with van der Waals surface area (Å²) in [4.78, 5) is 17.0. The maximum absolute atomic E-state index is 12.8.